The van der Waals surface area contributed by atoms with Crippen LogP contribution in [0.2, 0.25) is 0 Å². The van der Waals surface area contributed by atoms with Crippen molar-refractivity contribution in [3.63, 3.8) is 0 Å². The van der Waals surface area contributed by atoms with Crippen molar-refractivity contribution < 1.29 is 23.4 Å². The number of aliphatic hydroxyl groups is 1. The molecule has 0 bridgehead atoms. The van der Waals surface area contributed by atoms with Crippen molar-refractivity contribution >= 4 is 11.7 Å². The van der Waals surface area contributed by atoms with Gasteiger partial charge in [-0.3, -0.25) is 0 Å². The van der Waals surface area contributed by atoms with Crippen LogP contribution in [-0.4, -0.2) is 36.5 Å². The Morgan fingerprint density at radius 1 is 1.24 bits per heavy atom. The topological polar surface area (TPSA) is 70.6 Å². The van der Waals surface area contributed by atoms with Gasteiger partial charge < -0.3 is 20.5 Å². The molecule has 1 heterocycles. The molecule has 0 aromatic heterocycles. The molecule has 3 rings (SSSR count). The summed E-state index contributed by atoms with van der Waals surface area (Å²) < 4.78 is 32.8. The molecule has 2 amide bonds. The summed E-state index contributed by atoms with van der Waals surface area (Å²) in [5, 5.41) is 14.6. The first kappa shape index (κ1) is 17.3. The fourth-order valence-corrected chi connectivity index (χ4v) is 2.76. The van der Waals surface area contributed by atoms with E-state index in [2.05, 4.69) is 10.6 Å². The lowest BCUT2D eigenvalue weighted by molar-refractivity contribution is 0.126. The Balaban J connectivity index is 1.71. The number of benzene rings is 2. The number of urea groups is 1. The second-order valence-corrected chi connectivity index (χ2v) is 6.03. The van der Waals surface area contributed by atoms with Gasteiger partial charge in [-0.1, -0.05) is 12.1 Å². The SMILES string of the molecule is O=C(Nc1ccc(-c2cccc(F)c2)c(F)c1)N[C@]1(CO)CCOC1. The van der Waals surface area contributed by atoms with Gasteiger partial charge in [0.05, 0.1) is 18.8 Å². The van der Waals surface area contributed by atoms with Gasteiger partial charge in [-0.05, 0) is 42.3 Å². The first-order valence-electron chi connectivity index (χ1n) is 7.85. The number of nitrogens with one attached hydrogen (secondary N) is 2. The summed E-state index contributed by atoms with van der Waals surface area (Å²) in [6.07, 6.45) is 0.504. The average molecular weight is 348 g/mol. The van der Waals surface area contributed by atoms with Gasteiger partial charge in [0.1, 0.15) is 11.6 Å². The van der Waals surface area contributed by atoms with Gasteiger partial charge in [0.15, 0.2) is 0 Å². The largest absolute Gasteiger partial charge is 0.394 e. The van der Waals surface area contributed by atoms with Crippen LogP contribution in [0.3, 0.4) is 0 Å². The number of anilines is 1. The standard InChI is InChI=1S/C18H18F2N2O3/c19-13-3-1-2-12(8-13)15-5-4-14(9-16(15)20)21-17(24)22-18(10-23)6-7-25-11-18/h1-5,8-9,23H,6-7,10-11H2,(H2,21,22,24)/t18-/m0/s1. The number of halogens is 2. The van der Waals surface area contributed by atoms with E-state index in [4.69, 9.17) is 4.74 Å². The number of aliphatic hydroxyl groups excluding tert-OH is 1. The predicted octanol–water partition coefficient (Wildman–Crippen LogP) is 2.90. The lowest BCUT2D eigenvalue weighted by atomic mass is 10.0. The van der Waals surface area contributed by atoms with Crippen molar-refractivity contribution in [2.24, 2.45) is 0 Å². The summed E-state index contributed by atoms with van der Waals surface area (Å²) in [5.41, 5.74) is 0.0870. The van der Waals surface area contributed by atoms with Crippen LogP contribution in [0, 0.1) is 11.6 Å². The van der Waals surface area contributed by atoms with Gasteiger partial charge in [0.25, 0.3) is 0 Å². The maximum atomic E-state index is 14.3. The van der Waals surface area contributed by atoms with E-state index in [0.717, 1.165) is 6.07 Å². The minimum Gasteiger partial charge on any atom is -0.394 e. The number of carbonyl (C=O) groups is 1. The van der Waals surface area contributed by atoms with Crippen LogP contribution < -0.4 is 10.6 Å². The average Bonchev–Trinajstić information content (AvgIpc) is 3.04. The normalized spacial score (nSPS) is 19.6. The summed E-state index contributed by atoms with van der Waals surface area (Å²) >= 11 is 0. The van der Waals surface area contributed by atoms with Crippen LogP contribution in [0.5, 0.6) is 0 Å². The highest BCUT2D eigenvalue weighted by Crippen LogP contribution is 2.26. The minimum atomic E-state index is -0.815. The Morgan fingerprint density at radius 3 is 2.72 bits per heavy atom. The van der Waals surface area contributed by atoms with Crippen molar-refractivity contribution in [1.82, 2.24) is 5.32 Å². The summed E-state index contributed by atoms with van der Waals surface area (Å²) in [6, 6.07) is 9.23. The van der Waals surface area contributed by atoms with Gasteiger partial charge in [-0.15, -0.1) is 0 Å². The summed E-state index contributed by atoms with van der Waals surface area (Å²) in [6.45, 7) is 0.439. The van der Waals surface area contributed by atoms with Crippen molar-refractivity contribution in [3.8, 4) is 11.1 Å². The number of rotatable bonds is 4. The molecule has 3 N–H and O–H groups in total. The molecular weight excluding hydrogens is 330 g/mol. The summed E-state index contributed by atoms with van der Waals surface area (Å²) in [5.74, 6) is -1.03. The zero-order valence-corrected chi connectivity index (χ0v) is 13.4. The molecule has 1 aliphatic rings. The fraction of sp³-hybridized carbons (Fsp3) is 0.278. The van der Waals surface area contributed by atoms with E-state index < -0.39 is 23.2 Å². The van der Waals surface area contributed by atoms with Crippen molar-refractivity contribution in [1.29, 1.82) is 0 Å². The Hall–Kier alpha value is -2.51. The molecule has 0 spiro atoms. The maximum absolute atomic E-state index is 14.3. The van der Waals surface area contributed by atoms with E-state index >= 15 is 0 Å². The van der Waals surface area contributed by atoms with Crippen LogP contribution in [0.15, 0.2) is 42.5 Å². The zero-order valence-electron chi connectivity index (χ0n) is 13.4. The van der Waals surface area contributed by atoms with E-state index in [1.165, 1.54) is 30.3 Å². The molecule has 0 saturated carbocycles. The Kier molecular flexibility index (Phi) is 4.96. The lowest BCUT2D eigenvalue weighted by Crippen LogP contribution is -2.53. The second kappa shape index (κ2) is 7.16. The highest BCUT2D eigenvalue weighted by Gasteiger charge is 2.35. The Bertz CT molecular complexity index is 777. The van der Waals surface area contributed by atoms with E-state index in [1.54, 1.807) is 6.07 Å². The zero-order chi connectivity index (χ0) is 17.9. The fourth-order valence-electron chi connectivity index (χ4n) is 2.76. The Morgan fingerprint density at radius 2 is 2.08 bits per heavy atom. The number of hydrogen-bond donors (Lipinski definition) is 3. The molecule has 1 atom stereocenters. The molecule has 132 valence electrons. The van der Waals surface area contributed by atoms with Gasteiger partial charge in [-0.2, -0.15) is 0 Å². The van der Waals surface area contributed by atoms with E-state index in [0.29, 0.717) is 18.6 Å². The minimum absolute atomic E-state index is 0.226. The lowest BCUT2D eigenvalue weighted by Gasteiger charge is -2.26. The van der Waals surface area contributed by atoms with Crippen LogP contribution in [0.4, 0.5) is 19.3 Å². The molecular formula is C18H18F2N2O3. The van der Waals surface area contributed by atoms with Gasteiger partial charge >= 0.3 is 6.03 Å². The first-order chi connectivity index (χ1) is 12.0. The highest BCUT2D eigenvalue weighted by molar-refractivity contribution is 5.90. The molecule has 0 radical (unpaired) electrons. The summed E-state index contributed by atoms with van der Waals surface area (Å²) in [7, 11) is 0. The molecule has 1 saturated heterocycles. The molecule has 0 unspecified atom stereocenters. The smallest absolute Gasteiger partial charge is 0.319 e. The molecule has 1 fully saturated rings. The van der Waals surface area contributed by atoms with Crippen LogP contribution >= 0.6 is 0 Å². The number of hydrogen-bond acceptors (Lipinski definition) is 3. The first-order valence-corrected chi connectivity index (χ1v) is 7.85. The third-order valence-electron chi connectivity index (χ3n) is 4.15. The molecule has 1 aliphatic heterocycles. The van der Waals surface area contributed by atoms with Crippen molar-refractivity contribution in [2.45, 2.75) is 12.0 Å². The molecule has 7 heteroatoms. The quantitative estimate of drug-likeness (QED) is 0.796. The number of carbonyl (C=O) groups excluding carboxylic acids is 1. The van der Waals surface area contributed by atoms with E-state index in [9.17, 15) is 18.7 Å². The van der Waals surface area contributed by atoms with Gasteiger partial charge in [0.2, 0.25) is 0 Å². The summed E-state index contributed by atoms with van der Waals surface area (Å²) in [4.78, 5) is 12.1. The molecule has 0 aliphatic carbocycles. The van der Waals surface area contributed by atoms with Crippen LogP contribution in [-0.2, 0) is 4.74 Å². The number of ether oxygens (including phenoxy) is 1. The monoisotopic (exact) mass is 348 g/mol. The van der Waals surface area contributed by atoms with E-state index in [1.807, 2.05) is 0 Å². The molecule has 25 heavy (non-hydrogen) atoms. The number of amides is 2. The van der Waals surface area contributed by atoms with Gasteiger partial charge in [-0.25, -0.2) is 13.6 Å². The van der Waals surface area contributed by atoms with Crippen molar-refractivity contribution in [3.05, 3.63) is 54.1 Å². The third kappa shape index (κ3) is 3.94. The molecule has 2 aromatic carbocycles. The van der Waals surface area contributed by atoms with Crippen LogP contribution in [0.1, 0.15) is 6.42 Å². The van der Waals surface area contributed by atoms with Crippen LogP contribution in [0.25, 0.3) is 11.1 Å². The molecule has 2 aromatic rings. The van der Waals surface area contributed by atoms with E-state index in [-0.39, 0.29) is 24.5 Å². The second-order valence-electron chi connectivity index (χ2n) is 6.03. The Labute approximate surface area is 143 Å². The predicted molar refractivity (Wildman–Crippen MR) is 89.2 cm³/mol. The third-order valence-corrected chi connectivity index (χ3v) is 4.15. The highest BCUT2D eigenvalue weighted by atomic mass is 19.1. The maximum Gasteiger partial charge on any atom is 0.319 e. The van der Waals surface area contributed by atoms with Crippen molar-refractivity contribution in [2.75, 3.05) is 25.1 Å². The van der Waals surface area contributed by atoms with Gasteiger partial charge in [0, 0.05) is 17.9 Å². The molecule has 5 nitrogen and oxygen atoms in total.